The van der Waals surface area contributed by atoms with Crippen molar-refractivity contribution in [2.45, 2.75) is 58.4 Å². The summed E-state index contributed by atoms with van der Waals surface area (Å²) in [6, 6.07) is 0.269. The Labute approximate surface area is 127 Å². The topological polar surface area (TPSA) is 57.6 Å². The van der Waals surface area contributed by atoms with Crippen molar-refractivity contribution in [3.05, 3.63) is 12.2 Å². The van der Waals surface area contributed by atoms with Gasteiger partial charge in [0.2, 0.25) is 5.91 Å². The molecule has 0 aliphatic heterocycles. The molecule has 4 nitrogen and oxygen atoms in total. The Bertz CT molecular complexity index is 431. The minimum atomic E-state index is -0.851. The molecule has 0 radical (unpaired) electrons. The van der Waals surface area contributed by atoms with Gasteiger partial charge in [-0.15, -0.1) is 0 Å². The van der Waals surface area contributed by atoms with Gasteiger partial charge in [0.25, 0.3) is 0 Å². The number of carbonyl (C=O) groups excluding carboxylic acids is 1. The third-order valence-electron chi connectivity index (χ3n) is 5.27. The second kappa shape index (κ2) is 6.20. The van der Waals surface area contributed by atoms with Crippen LogP contribution >= 0.6 is 0 Å². The first-order valence-corrected chi connectivity index (χ1v) is 7.96. The Balaban J connectivity index is 2.01. The van der Waals surface area contributed by atoms with Gasteiger partial charge in [-0.3, -0.25) is 9.59 Å². The van der Waals surface area contributed by atoms with Crippen molar-refractivity contribution in [1.82, 2.24) is 4.90 Å². The second-order valence-electron chi connectivity index (χ2n) is 7.34. The molecule has 4 heteroatoms. The molecule has 2 rings (SSSR count). The van der Waals surface area contributed by atoms with Crippen LogP contribution in [0.3, 0.4) is 0 Å². The Morgan fingerprint density at radius 1 is 1.10 bits per heavy atom. The summed E-state index contributed by atoms with van der Waals surface area (Å²) in [6.07, 6.45) is 9.15. The lowest BCUT2D eigenvalue weighted by molar-refractivity contribution is -0.151. The highest BCUT2D eigenvalue weighted by Crippen LogP contribution is 2.37. The largest absolute Gasteiger partial charge is 0.481 e. The van der Waals surface area contributed by atoms with Crippen molar-refractivity contribution in [3.8, 4) is 0 Å². The Morgan fingerprint density at radius 3 is 2.14 bits per heavy atom. The van der Waals surface area contributed by atoms with E-state index in [1.807, 2.05) is 24.1 Å². The first-order chi connectivity index (χ1) is 9.82. The lowest BCUT2D eigenvalue weighted by Crippen LogP contribution is -2.46. The number of hydrogen-bond acceptors (Lipinski definition) is 2. The molecule has 1 amide bonds. The lowest BCUT2D eigenvalue weighted by atomic mass is 9.75. The van der Waals surface area contributed by atoms with Gasteiger partial charge < -0.3 is 10.0 Å². The fourth-order valence-electron chi connectivity index (χ4n) is 3.57. The van der Waals surface area contributed by atoms with E-state index in [0.717, 1.165) is 25.7 Å². The van der Waals surface area contributed by atoms with E-state index in [4.69, 9.17) is 0 Å². The molecule has 0 saturated heterocycles. The number of amides is 1. The molecule has 0 aromatic carbocycles. The fraction of sp³-hybridized carbons (Fsp3) is 0.765. The van der Waals surface area contributed by atoms with Crippen molar-refractivity contribution in [1.29, 1.82) is 0 Å². The van der Waals surface area contributed by atoms with Crippen LogP contribution in [0, 0.1) is 17.3 Å². The molecule has 1 saturated carbocycles. The molecule has 1 N–H and O–H groups in total. The maximum Gasteiger partial charge on any atom is 0.307 e. The van der Waals surface area contributed by atoms with Crippen LogP contribution in [0.5, 0.6) is 0 Å². The van der Waals surface area contributed by atoms with E-state index < -0.39 is 17.8 Å². The summed E-state index contributed by atoms with van der Waals surface area (Å²) >= 11 is 0. The van der Waals surface area contributed by atoms with Gasteiger partial charge >= 0.3 is 5.97 Å². The molecule has 2 aliphatic rings. The minimum absolute atomic E-state index is 0.0106. The Hall–Kier alpha value is -1.32. The van der Waals surface area contributed by atoms with Crippen LogP contribution in [0.4, 0.5) is 0 Å². The predicted octanol–water partition coefficient (Wildman–Crippen LogP) is 3.08. The number of carboxylic acids is 1. The molecular weight excluding hydrogens is 266 g/mol. The van der Waals surface area contributed by atoms with Gasteiger partial charge in [0.15, 0.2) is 0 Å². The number of allylic oxidation sites excluding steroid dienone is 2. The van der Waals surface area contributed by atoms with Crippen LogP contribution < -0.4 is 0 Å². The van der Waals surface area contributed by atoms with E-state index in [1.54, 1.807) is 0 Å². The van der Waals surface area contributed by atoms with Gasteiger partial charge in [-0.2, -0.15) is 0 Å². The normalized spacial score (nSPS) is 29.1. The first kappa shape index (κ1) is 16.1. The Morgan fingerprint density at radius 2 is 1.62 bits per heavy atom. The molecule has 118 valence electrons. The van der Waals surface area contributed by atoms with Crippen LogP contribution in [-0.2, 0) is 9.59 Å². The van der Waals surface area contributed by atoms with Crippen LogP contribution in [-0.4, -0.2) is 35.0 Å². The van der Waals surface area contributed by atoms with E-state index in [-0.39, 0.29) is 11.9 Å². The highest BCUT2D eigenvalue weighted by atomic mass is 16.4. The number of carbonyl (C=O) groups is 2. The van der Waals surface area contributed by atoms with Crippen molar-refractivity contribution < 1.29 is 14.7 Å². The van der Waals surface area contributed by atoms with Crippen LogP contribution in [0.1, 0.15) is 52.4 Å². The zero-order valence-electron chi connectivity index (χ0n) is 13.3. The standard InChI is InChI=1S/C17H27NO3/c1-17(2)10-8-12(9-11-17)18(3)15(19)13-6-4-5-7-14(13)16(20)21/h4-5,12-14H,6-11H2,1-3H3,(H,20,21). The zero-order chi connectivity index (χ0) is 15.6. The van der Waals surface area contributed by atoms with Crippen LogP contribution in [0.25, 0.3) is 0 Å². The molecule has 0 spiro atoms. The molecule has 1 fully saturated rings. The van der Waals surface area contributed by atoms with Gasteiger partial charge in [-0.05, 0) is 43.9 Å². The monoisotopic (exact) mass is 293 g/mol. The number of nitrogens with zero attached hydrogens (tertiary/aromatic N) is 1. The highest BCUT2D eigenvalue weighted by Gasteiger charge is 2.38. The summed E-state index contributed by atoms with van der Waals surface area (Å²) in [5, 5.41) is 9.31. The van der Waals surface area contributed by atoms with E-state index in [2.05, 4.69) is 13.8 Å². The third-order valence-corrected chi connectivity index (χ3v) is 5.27. The summed E-state index contributed by atoms with van der Waals surface area (Å²) in [6.45, 7) is 4.55. The maximum absolute atomic E-state index is 12.7. The zero-order valence-corrected chi connectivity index (χ0v) is 13.3. The second-order valence-corrected chi connectivity index (χ2v) is 7.34. The first-order valence-electron chi connectivity index (χ1n) is 7.96. The molecule has 0 bridgehead atoms. The van der Waals surface area contributed by atoms with Crippen molar-refractivity contribution >= 4 is 11.9 Å². The SMILES string of the molecule is CN(C(=O)C1CC=CCC1C(=O)O)C1CCC(C)(C)CC1. The molecule has 21 heavy (non-hydrogen) atoms. The van der Waals surface area contributed by atoms with Gasteiger partial charge in [0.1, 0.15) is 0 Å². The molecule has 0 aromatic rings. The summed E-state index contributed by atoms with van der Waals surface area (Å²) in [5.41, 5.74) is 0.373. The lowest BCUT2D eigenvalue weighted by Gasteiger charge is -2.40. The highest BCUT2D eigenvalue weighted by molar-refractivity contribution is 5.85. The van der Waals surface area contributed by atoms with Gasteiger partial charge in [0, 0.05) is 13.1 Å². The number of hydrogen-bond donors (Lipinski definition) is 1. The van der Waals surface area contributed by atoms with Crippen molar-refractivity contribution in [2.75, 3.05) is 7.05 Å². The van der Waals surface area contributed by atoms with E-state index in [0.29, 0.717) is 18.3 Å². The average Bonchev–Trinajstić information content (AvgIpc) is 2.45. The van der Waals surface area contributed by atoms with Gasteiger partial charge in [-0.25, -0.2) is 0 Å². The molecule has 0 heterocycles. The van der Waals surface area contributed by atoms with E-state index >= 15 is 0 Å². The quantitative estimate of drug-likeness (QED) is 0.814. The molecule has 2 atom stereocenters. The summed E-state index contributed by atoms with van der Waals surface area (Å²) in [7, 11) is 1.85. The molecule has 2 aliphatic carbocycles. The van der Waals surface area contributed by atoms with Crippen molar-refractivity contribution in [3.63, 3.8) is 0 Å². The summed E-state index contributed by atoms with van der Waals surface area (Å²) in [4.78, 5) is 25.9. The number of carboxylic acid groups (broad SMARTS) is 1. The summed E-state index contributed by atoms with van der Waals surface area (Å²) in [5.74, 6) is -1.80. The van der Waals surface area contributed by atoms with Crippen LogP contribution in [0.2, 0.25) is 0 Å². The molecular formula is C17H27NO3. The maximum atomic E-state index is 12.7. The summed E-state index contributed by atoms with van der Waals surface area (Å²) < 4.78 is 0. The average molecular weight is 293 g/mol. The molecule has 0 aromatic heterocycles. The Kier molecular flexibility index (Phi) is 4.74. The molecule has 2 unspecified atom stereocenters. The minimum Gasteiger partial charge on any atom is -0.481 e. The number of aliphatic carboxylic acids is 1. The van der Waals surface area contributed by atoms with Crippen molar-refractivity contribution in [2.24, 2.45) is 17.3 Å². The number of rotatable bonds is 3. The smallest absolute Gasteiger partial charge is 0.307 e. The van der Waals surface area contributed by atoms with Crippen LogP contribution in [0.15, 0.2) is 12.2 Å². The van der Waals surface area contributed by atoms with E-state index in [9.17, 15) is 14.7 Å². The third kappa shape index (κ3) is 3.66. The van der Waals surface area contributed by atoms with Gasteiger partial charge in [0.05, 0.1) is 11.8 Å². The van der Waals surface area contributed by atoms with Gasteiger partial charge in [-0.1, -0.05) is 26.0 Å². The van der Waals surface area contributed by atoms with E-state index in [1.165, 1.54) is 0 Å². The fourth-order valence-corrected chi connectivity index (χ4v) is 3.57. The predicted molar refractivity (Wildman–Crippen MR) is 81.8 cm³/mol.